The van der Waals surface area contributed by atoms with Gasteiger partial charge in [-0.15, -0.1) is 0 Å². The number of benzene rings is 1. The third-order valence-electron chi connectivity index (χ3n) is 4.00. The first kappa shape index (κ1) is 16.0. The Morgan fingerprint density at radius 1 is 1.19 bits per heavy atom. The van der Waals surface area contributed by atoms with Gasteiger partial charge in [-0.25, -0.2) is 8.42 Å². The molecule has 0 aromatic heterocycles. The largest absolute Gasteiger partial charge is 0.328 e. The van der Waals surface area contributed by atoms with Crippen LogP contribution in [0.15, 0.2) is 29.2 Å². The zero-order chi connectivity index (χ0) is 15.5. The maximum Gasteiger partial charge on any atom is 0.227 e. The normalized spacial score (nSPS) is 22.8. The topological polar surface area (TPSA) is 89.3 Å². The third kappa shape index (κ3) is 4.04. The average molecular weight is 310 g/mol. The smallest absolute Gasteiger partial charge is 0.227 e. The lowest BCUT2D eigenvalue weighted by molar-refractivity contribution is -0.120. The Kier molecular flexibility index (Phi) is 5.00. The molecule has 21 heavy (non-hydrogen) atoms. The van der Waals surface area contributed by atoms with Gasteiger partial charge in [-0.1, -0.05) is 6.92 Å². The summed E-state index contributed by atoms with van der Waals surface area (Å²) in [5.74, 6) is 0.0676. The van der Waals surface area contributed by atoms with Gasteiger partial charge in [0.15, 0.2) is 9.84 Å². The fourth-order valence-electron chi connectivity index (χ4n) is 2.54. The van der Waals surface area contributed by atoms with Crippen molar-refractivity contribution < 1.29 is 13.2 Å². The molecule has 1 aromatic carbocycles. The van der Waals surface area contributed by atoms with Gasteiger partial charge in [0.1, 0.15) is 0 Å². The summed E-state index contributed by atoms with van der Waals surface area (Å²) in [6, 6.07) is 6.55. The summed E-state index contributed by atoms with van der Waals surface area (Å²) in [7, 11) is -3.20. The predicted molar refractivity (Wildman–Crippen MR) is 82.7 cm³/mol. The third-order valence-corrected chi connectivity index (χ3v) is 5.75. The number of hydrogen-bond donors (Lipinski definition) is 2. The van der Waals surface area contributed by atoms with Crippen LogP contribution in [0.2, 0.25) is 0 Å². The van der Waals surface area contributed by atoms with Crippen molar-refractivity contribution in [2.75, 3.05) is 11.1 Å². The average Bonchev–Trinajstić information content (AvgIpc) is 2.48. The lowest BCUT2D eigenvalue weighted by Crippen LogP contribution is -2.32. The maximum atomic E-state index is 12.1. The van der Waals surface area contributed by atoms with Gasteiger partial charge in [0.2, 0.25) is 5.91 Å². The summed E-state index contributed by atoms with van der Waals surface area (Å²) in [6.45, 7) is 1.61. The van der Waals surface area contributed by atoms with Crippen molar-refractivity contribution >= 4 is 21.4 Å². The van der Waals surface area contributed by atoms with Crippen LogP contribution in [-0.4, -0.2) is 26.1 Å². The van der Waals surface area contributed by atoms with E-state index in [1.165, 1.54) is 12.1 Å². The van der Waals surface area contributed by atoms with Crippen molar-refractivity contribution in [1.82, 2.24) is 0 Å². The number of rotatable bonds is 4. The summed E-state index contributed by atoms with van der Waals surface area (Å²) >= 11 is 0. The van der Waals surface area contributed by atoms with Crippen molar-refractivity contribution in [3.8, 4) is 0 Å². The molecule has 0 spiro atoms. The monoisotopic (exact) mass is 310 g/mol. The number of sulfone groups is 1. The molecule has 1 amide bonds. The van der Waals surface area contributed by atoms with E-state index in [9.17, 15) is 13.2 Å². The Hall–Kier alpha value is -1.40. The molecule has 3 N–H and O–H groups in total. The SMILES string of the molecule is CCS(=O)(=O)c1ccc(NC(=O)C2CCC(N)CC2)cc1. The number of hydrogen-bond acceptors (Lipinski definition) is 4. The second-order valence-electron chi connectivity index (χ2n) is 5.53. The lowest BCUT2D eigenvalue weighted by Gasteiger charge is -2.25. The Balaban J connectivity index is 1.99. The summed E-state index contributed by atoms with van der Waals surface area (Å²) in [5.41, 5.74) is 6.46. The first-order valence-corrected chi connectivity index (χ1v) is 8.97. The molecule has 0 bridgehead atoms. The Labute approximate surface area is 125 Å². The summed E-state index contributed by atoms with van der Waals surface area (Å²) in [4.78, 5) is 12.4. The molecule has 1 saturated carbocycles. The van der Waals surface area contributed by atoms with Crippen LogP contribution in [-0.2, 0) is 14.6 Å². The van der Waals surface area contributed by atoms with Crippen LogP contribution >= 0.6 is 0 Å². The van der Waals surface area contributed by atoms with Gasteiger partial charge >= 0.3 is 0 Å². The van der Waals surface area contributed by atoms with Gasteiger partial charge in [-0.2, -0.15) is 0 Å². The van der Waals surface area contributed by atoms with Gasteiger partial charge in [-0.05, 0) is 49.9 Å². The molecule has 0 radical (unpaired) electrons. The van der Waals surface area contributed by atoms with E-state index in [-0.39, 0.29) is 28.5 Å². The van der Waals surface area contributed by atoms with Crippen LogP contribution < -0.4 is 11.1 Å². The van der Waals surface area contributed by atoms with Crippen LogP contribution in [0.1, 0.15) is 32.6 Å². The first-order valence-electron chi connectivity index (χ1n) is 7.31. The molecule has 1 aromatic rings. The summed E-state index contributed by atoms with van der Waals surface area (Å²) in [5, 5.41) is 2.85. The van der Waals surface area contributed by atoms with Gasteiger partial charge in [0.25, 0.3) is 0 Å². The molecule has 6 heteroatoms. The van der Waals surface area contributed by atoms with Crippen LogP contribution in [0.5, 0.6) is 0 Å². The maximum absolute atomic E-state index is 12.1. The molecule has 0 unspecified atom stereocenters. The molecule has 1 aliphatic carbocycles. The van der Waals surface area contributed by atoms with Gasteiger partial charge < -0.3 is 11.1 Å². The number of nitrogens with two attached hydrogens (primary N) is 1. The minimum absolute atomic E-state index is 0.00357. The van der Waals surface area contributed by atoms with E-state index in [2.05, 4.69) is 5.32 Å². The first-order chi connectivity index (χ1) is 9.92. The zero-order valence-corrected chi connectivity index (χ0v) is 13.0. The number of nitrogens with one attached hydrogen (secondary N) is 1. The van der Waals surface area contributed by atoms with E-state index in [0.717, 1.165) is 25.7 Å². The lowest BCUT2D eigenvalue weighted by atomic mass is 9.86. The van der Waals surface area contributed by atoms with E-state index in [1.807, 2.05) is 0 Å². The van der Waals surface area contributed by atoms with Crippen molar-refractivity contribution in [1.29, 1.82) is 0 Å². The summed E-state index contributed by atoms with van der Waals surface area (Å²) < 4.78 is 23.4. The van der Waals surface area contributed by atoms with E-state index >= 15 is 0 Å². The Morgan fingerprint density at radius 3 is 2.29 bits per heavy atom. The summed E-state index contributed by atoms with van der Waals surface area (Å²) in [6.07, 6.45) is 3.39. The molecule has 0 saturated heterocycles. The van der Waals surface area contributed by atoms with E-state index in [0.29, 0.717) is 5.69 Å². The second-order valence-corrected chi connectivity index (χ2v) is 7.81. The van der Waals surface area contributed by atoms with Crippen molar-refractivity contribution in [2.45, 2.75) is 43.5 Å². The fraction of sp³-hybridized carbons (Fsp3) is 0.533. The standard InChI is InChI=1S/C15H22N2O3S/c1-2-21(19,20)14-9-7-13(8-10-14)17-15(18)11-3-5-12(16)6-4-11/h7-12H,2-6,16H2,1H3,(H,17,18). The molecule has 116 valence electrons. The van der Waals surface area contributed by atoms with Crippen molar-refractivity contribution in [3.63, 3.8) is 0 Å². The van der Waals surface area contributed by atoms with Crippen LogP contribution in [0.25, 0.3) is 0 Å². The highest BCUT2D eigenvalue weighted by atomic mass is 32.2. The number of carbonyl (C=O) groups excluding carboxylic acids is 1. The van der Waals surface area contributed by atoms with E-state index in [1.54, 1.807) is 19.1 Å². The molecule has 5 nitrogen and oxygen atoms in total. The molecule has 0 aliphatic heterocycles. The van der Waals surface area contributed by atoms with Crippen molar-refractivity contribution in [2.24, 2.45) is 11.7 Å². The number of amides is 1. The fourth-order valence-corrected chi connectivity index (χ4v) is 3.42. The molecule has 0 heterocycles. The van der Waals surface area contributed by atoms with Crippen LogP contribution in [0, 0.1) is 5.92 Å². The highest BCUT2D eigenvalue weighted by Gasteiger charge is 2.24. The van der Waals surface area contributed by atoms with Crippen LogP contribution in [0.4, 0.5) is 5.69 Å². The molecule has 2 rings (SSSR count). The zero-order valence-electron chi connectivity index (χ0n) is 12.2. The van der Waals surface area contributed by atoms with Crippen LogP contribution in [0.3, 0.4) is 0 Å². The van der Waals surface area contributed by atoms with Gasteiger partial charge in [0, 0.05) is 17.6 Å². The second kappa shape index (κ2) is 6.58. The quantitative estimate of drug-likeness (QED) is 0.889. The minimum atomic E-state index is -3.20. The minimum Gasteiger partial charge on any atom is -0.328 e. The highest BCUT2D eigenvalue weighted by molar-refractivity contribution is 7.91. The molecular weight excluding hydrogens is 288 g/mol. The van der Waals surface area contributed by atoms with E-state index in [4.69, 9.17) is 5.73 Å². The highest BCUT2D eigenvalue weighted by Crippen LogP contribution is 2.25. The molecule has 0 atom stereocenters. The molecular formula is C15H22N2O3S. The molecule has 1 aliphatic rings. The van der Waals surface area contributed by atoms with E-state index < -0.39 is 9.84 Å². The predicted octanol–water partition coefficient (Wildman–Crippen LogP) is 1.94. The van der Waals surface area contributed by atoms with Gasteiger partial charge in [0.05, 0.1) is 10.6 Å². The number of carbonyl (C=O) groups is 1. The van der Waals surface area contributed by atoms with Crippen molar-refractivity contribution in [3.05, 3.63) is 24.3 Å². The Bertz CT molecular complexity index is 588. The Morgan fingerprint density at radius 2 is 1.76 bits per heavy atom. The number of anilines is 1. The van der Waals surface area contributed by atoms with Gasteiger partial charge in [-0.3, -0.25) is 4.79 Å². The molecule has 1 fully saturated rings.